The fraction of sp³-hybridized carbons (Fsp3) is 0.562. The standard InChI is InChI=1S/C16H20FNO3/c1-20-15-6-5-11(7-14(15)17)10-21-13-8-18(9-13)16(19)12-3-2-4-12/h5-7,12-13H,2-4,8-10H2,1H3. The summed E-state index contributed by atoms with van der Waals surface area (Å²) >= 11 is 0. The van der Waals surface area contributed by atoms with Crippen LogP contribution in [-0.4, -0.2) is 37.1 Å². The number of nitrogens with zero attached hydrogens (tertiary/aromatic N) is 1. The van der Waals surface area contributed by atoms with Gasteiger partial charge >= 0.3 is 0 Å². The van der Waals surface area contributed by atoms with Gasteiger partial charge in [-0.2, -0.15) is 0 Å². The first-order chi connectivity index (χ1) is 10.2. The van der Waals surface area contributed by atoms with Crippen LogP contribution in [0.5, 0.6) is 5.75 Å². The van der Waals surface area contributed by atoms with Gasteiger partial charge in [-0.1, -0.05) is 12.5 Å². The predicted molar refractivity (Wildman–Crippen MR) is 75.5 cm³/mol. The second-order valence-corrected chi connectivity index (χ2v) is 5.77. The van der Waals surface area contributed by atoms with Crippen LogP contribution in [0.15, 0.2) is 18.2 Å². The van der Waals surface area contributed by atoms with E-state index in [-0.39, 0.29) is 29.5 Å². The third-order valence-corrected chi connectivity index (χ3v) is 4.32. The fourth-order valence-electron chi connectivity index (χ4n) is 2.65. The molecule has 0 spiro atoms. The van der Waals surface area contributed by atoms with Crippen molar-refractivity contribution in [3.63, 3.8) is 0 Å². The average Bonchev–Trinajstić information content (AvgIpc) is 2.35. The zero-order valence-electron chi connectivity index (χ0n) is 12.2. The molecule has 1 saturated heterocycles. The molecule has 0 unspecified atom stereocenters. The van der Waals surface area contributed by atoms with Crippen molar-refractivity contribution >= 4 is 5.91 Å². The minimum absolute atomic E-state index is 0.0687. The van der Waals surface area contributed by atoms with Gasteiger partial charge in [-0.3, -0.25) is 4.79 Å². The minimum atomic E-state index is -0.381. The van der Waals surface area contributed by atoms with Crippen molar-refractivity contribution in [1.82, 2.24) is 4.90 Å². The van der Waals surface area contributed by atoms with Crippen molar-refractivity contribution in [3.8, 4) is 5.75 Å². The molecule has 1 amide bonds. The number of hydrogen-bond acceptors (Lipinski definition) is 3. The molecule has 1 aromatic carbocycles. The van der Waals surface area contributed by atoms with E-state index >= 15 is 0 Å². The maximum absolute atomic E-state index is 13.5. The van der Waals surface area contributed by atoms with Gasteiger partial charge < -0.3 is 14.4 Å². The Kier molecular flexibility index (Phi) is 4.10. The Morgan fingerprint density at radius 2 is 2.14 bits per heavy atom. The van der Waals surface area contributed by atoms with E-state index in [0.717, 1.165) is 18.4 Å². The predicted octanol–water partition coefficient (Wildman–Crippen LogP) is 2.36. The lowest BCUT2D eigenvalue weighted by Crippen LogP contribution is -2.56. The summed E-state index contributed by atoms with van der Waals surface area (Å²) < 4.78 is 24.1. The van der Waals surface area contributed by atoms with Crippen LogP contribution in [-0.2, 0) is 16.1 Å². The lowest BCUT2D eigenvalue weighted by Gasteiger charge is -2.42. The van der Waals surface area contributed by atoms with Crippen LogP contribution in [0.1, 0.15) is 24.8 Å². The fourth-order valence-corrected chi connectivity index (χ4v) is 2.65. The largest absolute Gasteiger partial charge is 0.494 e. The number of methoxy groups -OCH3 is 1. The van der Waals surface area contributed by atoms with E-state index in [1.807, 2.05) is 4.90 Å². The molecule has 1 aromatic rings. The zero-order valence-corrected chi connectivity index (χ0v) is 12.2. The van der Waals surface area contributed by atoms with E-state index in [1.165, 1.54) is 19.6 Å². The third kappa shape index (κ3) is 3.02. The van der Waals surface area contributed by atoms with Gasteiger partial charge in [0.05, 0.1) is 19.8 Å². The molecule has 21 heavy (non-hydrogen) atoms. The van der Waals surface area contributed by atoms with Gasteiger partial charge in [-0.15, -0.1) is 0 Å². The maximum Gasteiger partial charge on any atom is 0.225 e. The monoisotopic (exact) mass is 293 g/mol. The van der Waals surface area contributed by atoms with Crippen LogP contribution in [0.25, 0.3) is 0 Å². The maximum atomic E-state index is 13.5. The molecular weight excluding hydrogens is 273 g/mol. The molecule has 2 fully saturated rings. The third-order valence-electron chi connectivity index (χ3n) is 4.32. The normalized spacial score (nSPS) is 19.0. The molecular formula is C16H20FNO3. The number of halogens is 1. The molecule has 114 valence electrons. The summed E-state index contributed by atoms with van der Waals surface area (Å²) in [6.45, 7) is 1.68. The molecule has 0 radical (unpaired) electrons. The lowest BCUT2D eigenvalue weighted by atomic mass is 9.83. The van der Waals surface area contributed by atoms with Gasteiger partial charge in [0.15, 0.2) is 11.6 Å². The van der Waals surface area contributed by atoms with Crippen LogP contribution in [0.2, 0.25) is 0 Å². The molecule has 4 nitrogen and oxygen atoms in total. The molecule has 0 atom stereocenters. The number of carbonyl (C=O) groups is 1. The summed E-state index contributed by atoms with van der Waals surface area (Å²) in [5, 5.41) is 0. The van der Waals surface area contributed by atoms with Gasteiger partial charge in [0.25, 0.3) is 0 Å². The summed E-state index contributed by atoms with van der Waals surface area (Å²) in [4.78, 5) is 13.8. The number of likely N-dealkylation sites (tertiary alicyclic amines) is 1. The van der Waals surface area contributed by atoms with E-state index in [1.54, 1.807) is 12.1 Å². The molecule has 1 heterocycles. The van der Waals surface area contributed by atoms with Crippen LogP contribution in [0.3, 0.4) is 0 Å². The second kappa shape index (κ2) is 6.02. The first-order valence-corrected chi connectivity index (χ1v) is 7.40. The van der Waals surface area contributed by atoms with Crippen LogP contribution in [0.4, 0.5) is 4.39 Å². The summed E-state index contributed by atoms with van der Waals surface area (Å²) in [7, 11) is 1.44. The van der Waals surface area contributed by atoms with Crippen molar-refractivity contribution in [1.29, 1.82) is 0 Å². The topological polar surface area (TPSA) is 38.8 Å². The van der Waals surface area contributed by atoms with Crippen molar-refractivity contribution < 1.29 is 18.7 Å². The Balaban J connectivity index is 1.43. The molecule has 0 bridgehead atoms. The Hall–Kier alpha value is -1.62. The van der Waals surface area contributed by atoms with E-state index < -0.39 is 0 Å². The summed E-state index contributed by atoms with van der Waals surface area (Å²) in [6.07, 6.45) is 3.31. The number of hydrogen-bond donors (Lipinski definition) is 0. The lowest BCUT2D eigenvalue weighted by molar-refractivity contribution is -0.152. The van der Waals surface area contributed by atoms with Crippen molar-refractivity contribution in [2.45, 2.75) is 32.0 Å². The van der Waals surface area contributed by atoms with Crippen LogP contribution >= 0.6 is 0 Å². The Labute approximate surface area is 123 Å². The smallest absolute Gasteiger partial charge is 0.225 e. The van der Waals surface area contributed by atoms with Crippen molar-refractivity contribution in [2.75, 3.05) is 20.2 Å². The number of amides is 1. The van der Waals surface area contributed by atoms with Crippen LogP contribution < -0.4 is 4.74 Å². The summed E-state index contributed by atoms with van der Waals surface area (Å²) in [5.41, 5.74) is 0.775. The van der Waals surface area contributed by atoms with Gasteiger partial charge in [-0.05, 0) is 30.5 Å². The highest BCUT2D eigenvalue weighted by molar-refractivity contribution is 5.80. The van der Waals surface area contributed by atoms with Gasteiger partial charge in [0, 0.05) is 19.0 Å². The molecule has 3 rings (SSSR count). The second-order valence-electron chi connectivity index (χ2n) is 5.77. The van der Waals surface area contributed by atoms with E-state index in [9.17, 15) is 9.18 Å². The van der Waals surface area contributed by atoms with E-state index in [0.29, 0.717) is 19.7 Å². The zero-order chi connectivity index (χ0) is 14.8. The molecule has 5 heteroatoms. The summed E-state index contributed by atoms with van der Waals surface area (Å²) in [5.74, 6) is 0.381. The Morgan fingerprint density at radius 1 is 1.38 bits per heavy atom. The molecule has 2 aliphatic rings. The number of benzene rings is 1. The highest BCUT2D eigenvalue weighted by Crippen LogP contribution is 2.30. The minimum Gasteiger partial charge on any atom is -0.494 e. The first kappa shape index (κ1) is 14.3. The van der Waals surface area contributed by atoms with Crippen molar-refractivity contribution in [2.24, 2.45) is 5.92 Å². The molecule has 1 aliphatic heterocycles. The van der Waals surface area contributed by atoms with E-state index in [2.05, 4.69) is 0 Å². The first-order valence-electron chi connectivity index (χ1n) is 7.40. The molecule has 1 aliphatic carbocycles. The van der Waals surface area contributed by atoms with Gasteiger partial charge in [0.2, 0.25) is 5.91 Å². The molecule has 0 N–H and O–H groups in total. The number of ether oxygens (including phenoxy) is 2. The average molecular weight is 293 g/mol. The van der Waals surface area contributed by atoms with E-state index in [4.69, 9.17) is 9.47 Å². The highest BCUT2D eigenvalue weighted by Gasteiger charge is 2.37. The number of rotatable bonds is 5. The molecule has 1 saturated carbocycles. The Morgan fingerprint density at radius 3 is 2.71 bits per heavy atom. The highest BCUT2D eigenvalue weighted by atomic mass is 19.1. The number of carbonyl (C=O) groups excluding carboxylic acids is 1. The summed E-state index contributed by atoms with van der Waals surface area (Å²) in [6, 6.07) is 4.81. The quantitative estimate of drug-likeness (QED) is 0.836. The molecule has 0 aromatic heterocycles. The van der Waals surface area contributed by atoms with Crippen LogP contribution in [0, 0.1) is 11.7 Å². The Bertz CT molecular complexity index is 524. The van der Waals surface area contributed by atoms with Gasteiger partial charge in [0.1, 0.15) is 0 Å². The SMILES string of the molecule is COc1ccc(COC2CN(C(=O)C3CCC3)C2)cc1F. The van der Waals surface area contributed by atoms with Crippen molar-refractivity contribution in [3.05, 3.63) is 29.6 Å². The van der Waals surface area contributed by atoms with Gasteiger partial charge in [-0.25, -0.2) is 4.39 Å².